The average Bonchev–Trinajstić information content (AvgIpc) is 3.08. The van der Waals surface area contributed by atoms with Gasteiger partial charge in [0.2, 0.25) is 0 Å². The first kappa shape index (κ1) is 36.6. The summed E-state index contributed by atoms with van der Waals surface area (Å²) in [6.07, 6.45) is 2.23. The van der Waals surface area contributed by atoms with E-state index in [1.54, 1.807) is 36.4 Å². The Labute approximate surface area is 267 Å². The lowest BCUT2D eigenvalue weighted by molar-refractivity contribution is 0.0778. The zero-order chi connectivity index (χ0) is 33.5. The molecule has 3 heterocycles. The molecule has 0 amide bonds. The van der Waals surface area contributed by atoms with E-state index in [9.17, 15) is 29.7 Å². The number of pyridine rings is 3. The van der Waals surface area contributed by atoms with Crippen molar-refractivity contribution in [1.29, 1.82) is 0 Å². The zero-order valence-corrected chi connectivity index (χ0v) is 25.6. The summed E-state index contributed by atoms with van der Waals surface area (Å²) < 4.78 is 0. The van der Waals surface area contributed by atoms with Gasteiger partial charge in [-0.05, 0) is 55.7 Å². The molecule has 0 aliphatic rings. The number of aliphatic hydroxyl groups is 6. The van der Waals surface area contributed by atoms with Gasteiger partial charge < -0.3 is 30.6 Å². The number of hydrogen-bond acceptors (Lipinski definition) is 13. The molecule has 0 saturated carbocycles. The average molecular weight is 639 g/mol. The number of Topliss-reactive ketones (excluding diaryl/α,β-unsaturated/α-hetero) is 3. The third kappa shape index (κ3) is 12.2. The van der Waals surface area contributed by atoms with E-state index in [4.69, 9.17) is 15.3 Å². The third-order valence-corrected chi connectivity index (χ3v) is 7.34. The minimum atomic E-state index is -0.954. The topological polar surface area (TPSA) is 214 Å². The quantitative estimate of drug-likeness (QED) is 0.0900. The number of aliphatic hydroxyl groups excluding tert-OH is 6. The highest BCUT2D eigenvalue weighted by molar-refractivity contribution is 5.96. The number of rotatable bonds is 21. The van der Waals surface area contributed by atoms with Crippen LogP contribution in [-0.2, 0) is 19.6 Å². The van der Waals surface area contributed by atoms with Crippen LogP contribution in [0.5, 0.6) is 0 Å². The lowest BCUT2D eigenvalue weighted by atomic mass is 10.1. The van der Waals surface area contributed by atoms with Crippen molar-refractivity contribution in [2.75, 3.05) is 19.8 Å². The van der Waals surface area contributed by atoms with Crippen LogP contribution in [0.2, 0.25) is 0 Å². The van der Waals surface area contributed by atoms with Crippen LogP contribution in [0.25, 0.3) is 0 Å². The second-order valence-electron chi connectivity index (χ2n) is 11.2. The predicted octanol–water partition coefficient (Wildman–Crippen LogP) is 1.02. The first-order chi connectivity index (χ1) is 22.1. The Kier molecular flexibility index (Phi) is 15.1. The van der Waals surface area contributed by atoms with Crippen LogP contribution in [0.15, 0.2) is 55.0 Å². The molecule has 0 aliphatic heterocycles. The molecule has 0 spiro atoms. The maximum Gasteiger partial charge on any atom is 0.164 e. The Hall–Kier alpha value is -3.82. The van der Waals surface area contributed by atoms with Crippen molar-refractivity contribution in [2.24, 2.45) is 0 Å². The molecule has 0 bridgehead atoms. The molecule has 248 valence electrons. The molecule has 6 N–H and O–H groups in total. The fourth-order valence-electron chi connectivity index (χ4n) is 4.50. The Morgan fingerprint density at radius 2 is 0.804 bits per heavy atom. The maximum atomic E-state index is 12.5. The fourth-order valence-corrected chi connectivity index (χ4v) is 4.50. The molecule has 3 rings (SSSR count). The molecule has 0 aliphatic carbocycles. The van der Waals surface area contributed by atoms with E-state index in [0.29, 0.717) is 53.4 Å². The lowest BCUT2D eigenvalue weighted by Gasteiger charge is -2.21. The van der Waals surface area contributed by atoms with Gasteiger partial charge in [-0.2, -0.15) is 0 Å². The molecule has 3 aromatic rings. The highest BCUT2D eigenvalue weighted by Crippen LogP contribution is 2.16. The number of aromatic nitrogens is 3. The summed E-state index contributed by atoms with van der Waals surface area (Å²) in [6.45, 7) is -0.190. The van der Waals surface area contributed by atoms with Crippen LogP contribution in [0.1, 0.15) is 86.7 Å². The van der Waals surface area contributed by atoms with Gasteiger partial charge in [0.05, 0.1) is 55.2 Å². The summed E-state index contributed by atoms with van der Waals surface area (Å²) in [4.78, 5) is 52.7. The van der Waals surface area contributed by atoms with Crippen LogP contribution < -0.4 is 0 Å². The van der Waals surface area contributed by atoms with E-state index in [0.717, 1.165) is 0 Å². The molecule has 3 atom stereocenters. The van der Waals surface area contributed by atoms with Crippen LogP contribution in [-0.4, -0.2) is 106 Å². The Morgan fingerprint density at radius 3 is 1.02 bits per heavy atom. The van der Waals surface area contributed by atoms with Gasteiger partial charge in [0.15, 0.2) is 17.3 Å². The number of carbonyl (C=O) groups excluding carboxylic acids is 3. The highest BCUT2D eigenvalue weighted by atomic mass is 16.3. The standard InChI is InChI=1S/C33H42N4O9/c38-19-28(41)7-10-31(44)22-1-4-25(34-13-22)16-37(17-26-5-2-23(14-35-26)32(45)11-8-29(42)20-39)18-27-6-3-24(15-36-27)33(46)12-9-30(43)21-40/h1-6,13-15,28-30,38-43H,7-12,16-21H2/t28-,29-,30-/m0/s1. The zero-order valence-electron chi connectivity index (χ0n) is 25.6. The van der Waals surface area contributed by atoms with E-state index < -0.39 is 38.1 Å². The first-order valence-corrected chi connectivity index (χ1v) is 15.1. The number of hydrogen-bond donors (Lipinski definition) is 6. The monoisotopic (exact) mass is 638 g/mol. The summed E-state index contributed by atoms with van der Waals surface area (Å²) >= 11 is 0. The lowest BCUT2D eigenvalue weighted by Crippen LogP contribution is -2.24. The molecule has 13 nitrogen and oxygen atoms in total. The van der Waals surface area contributed by atoms with Gasteiger partial charge in [-0.3, -0.25) is 34.2 Å². The van der Waals surface area contributed by atoms with Crippen molar-refractivity contribution in [1.82, 2.24) is 19.9 Å². The molecule has 0 unspecified atom stereocenters. The second kappa shape index (κ2) is 19.0. The third-order valence-electron chi connectivity index (χ3n) is 7.34. The van der Waals surface area contributed by atoms with Gasteiger partial charge in [-0.15, -0.1) is 0 Å². The second-order valence-corrected chi connectivity index (χ2v) is 11.2. The molecule has 46 heavy (non-hydrogen) atoms. The molecule has 0 fully saturated rings. The predicted molar refractivity (Wildman–Crippen MR) is 166 cm³/mol. The Morgan fingerprint density at radius 1 is 0.522 bits per heavy atom. The number of carbonyl (C=O) groups is 3. The molecule has 0 radical (unpaired) electrons. The summed E-state index contributed by atoms with van der Waals surface area (Å²) in [5.74, 6) is -0.589. The van der Waals surface area contributed by atoms with E-state index in [-0.39, 0.29) is 55.9 Å². The maximum absolute atomic E-state index is 12.5. The molecule has 13 heteroatoms. The highest BCUT2D eigenvalue weighted by Gasteiger charge is 2.16. The molecule has 0 aromatic carbocycles. The summed E-state index contributed by atoms with van der Waals surface area (Å²) in [5.41, 5.74) is 3.16. The fraction of sp³-hybridized carbons (Fsp3) is 0.455. The van der Waals surface area contributed by atoms with E-state index in [2.05, 4.69) is 15.0 Å². The minimum Gasteiger partial charge on any atom is -0.394 e. The van der Waals surface area contributed by atoms with E-state index >= 15 is 0 Å². The molecular weight excluding hydrogens is 596 g/mol. The summed E-state index contributed by atoms with van der Waals surface area (Å²) in [6, 6.07) is 10.2. The van der Waals surface area contributed by atoms with Crippen molar-refractivity contribution >= 4 is 17.3 Å². The first-order valence-electron chi connectivity index (χ1n) is 15.1. The molecular formula is C33H42N4O9. The van der Waals surface area contributed by atoms with Crippen LogP contribution in [0, 0.1) is 0 Å². The largest absolute Gasteiger partial charge is 0.394 e. The minimum absolute atomic E-state index is 0.0766. The van der Waals surface area contributed by atoms with Crippen LogP contribution >= 0.6 is 0 Å². The van der Waals surface area contributed by atoms with Gasteiger partial charge in [0.1, 0.15) is 0 Å². The summed E-state index contributed by atoms with van der Waals surface area (Å²) in [7, 11) is 0. The normalized spacial score (nSPS) is 13.4. The number of ketones is 3. The van der Waals surface area contributed by atoms with Crippen molar-refractivity contribution in [3.8, 4) is 0 Å². The number of nitrogens with zero attached hydrogens (tertiary/aromatic N) is 4. The van der Waals surface area contributed by atoms with E-state index in [1.165, 1.54) is 18.6 Å². The Balaban J connectivity index is 1.72. The SMILES string of the molecule is O=C(CC[C@H](O)CO)c1ccc(CN(Cc2ccc(C(=O)CC[C@H](O)CO)cn2)Cc2ccc(C(=O)CC[C@H](O)CO)cn2)nc1. The van der Waals surface area contributed by atoms with Gasteiger partial charge in [-0.25, -0.2) is 0 Å². The molecule has 0 saturated heterocycles. The molecule has 3 aromatic heterocycles. The van der Waals surface area contributed by atoms with Gasteiger partial charge in [0.25, 0.3) is 0 Å². The smallest absolute Gasteiger partial charge is 0.164 e. The van der Waals surface area contributed by atoms with Gasteiger partial charge >= 0.3 is 0 Å². The van der Waals surface area contributed by atoms with Crippen molar-refractivity contribution in [2.45, 2.75) is 76.5 Å². The van der Waals surface area contributed by atoms with E-state index in [1.807, 2.05) is 4.90 Å². The van der Waals surface area contributed by atoms with Crippen LogP contribution in [0.4, 0.5) is 0 Å². The van der Waals surface area contributed by atoms with Crippen molar-refractivity contribution < 1.29 is 45.0 Å². The summed E-state index contributed by atoms with van der Waals surface area (Å²) in [5, 5.41) is 55.5. The van der Waals surface area contributed by atoms with Crippen molar-refractivity contribution in [3.63, 3.8) is 0 Å². The van der Waals surface area contributed by atoms with Crippen LogP contribution in [0.3, 0.4) is 0 Å². The van der Waals surface area contributed by atoms with Crippen molar-refractivity contribution in [3.05, 3.63) is 88.8 Å². The van der Waals surface area contributed by atoms with Gasteiger partial charge in [-0.1, -0.05) is 0 Å². The van der Waals surface area contributed by atoms with Gasteiger partial charge in [0, 0.05) is 74.2 Å². The Bertz CT molecular complexity index is 1220.